The van der Waals surface area contributed by atoms with Crippen molar-refractivity contribution in [1.29, 1.82) is 0 Å². The summed E-state index contributed by atoms with van der Waals surface area (Å²) in [6.07, 6.45) is 10.3. The second-order valence-corrected chi connectivity index (χ2v) is 15.5. The van der Waals surface area contributed by atoms with E-state index in [9.17, 15) is 0 Å². The van der Waals surface area contributed by atoms with Crippen molar-refractivity contribution < 1.29 is 4.99 Å². The number of anilines is 2. The number of fused-ring (bicyclic) bond motifs is 4. The molecular formula is C28H36N3Si+. The van der Waals surface area contributed by atoms with E-state index in [1.807, 2.05) is 0 Å². The topological polar surface area (TPSA) is 20.5 Å². The molecule has 0 saturated heterocycles. The van der Waals surface area contributed by atoms with Gasteiger partial charge in [0.1, 0.15) is 15.1 Å². The monoisotopic (exact) mass is 442 g/mol. The molecule has 2 aromatic rings. The van der Waals surface area contributed by atoms with Gasteiger partial charge in [-0.3, -0.25) is 0 Å². The van der Waals surface area contributed by atoms with Crippen molar-refractivity contribution in [3.05, 3.63) is 45.5 Å². The molecule has 0 unspecified atom stereocenters. The molecule has 166 valence electrons. The van der Waals surface area contributed by atoms with Crippen LogP contribution in [0.1, 0.15) is 59.1 Å². The molecule has 0 radical (unpaired) electrons. The maximum absolute atomic E-state index is 3.74. The van der Waals surface area contributed by atoms with Gasteiger partial charge in [0.2, 0.25) is 5.71 Å². The molecule has 5 heterocycles. The highest BCUT2D eigenvalue weighted by atomic mass is 28.3. The van der Waals surface area contributed by atoms with Crippen molar-refractivity contribution >= 4 is 35.5 Å². The van der Waals surface area contributed by atoms with E-state index in [4.69, 9.17) is 0 Å². The van der Waals surface area contributed by atoms with Gasteiger partial charge in [-0.1, -0.05) is 13.1 Å². The third-order valence-electron chi connectivity index (χ3n) is 9.09. The smallest absolute Gasteiger partial charge is 0.212 e. The third-order valence-corrected chi connectivity index (χ3v) is 12.7. The Morgan fingerprint density at radius 2 is 1.12 bits per heavy atom. The number of rotatable bonds is 0. The molecule has 0 fully saturated rings. The second kappa shape index (κ2) is 6.72. The normalized spacial score (nSPS) is 22.0. The Morgan fingerprint density at radius 1 is 0.688 bits per heavy atom. The van der Waals surface area contributed by atoms with Gasteiger partial charge in [0.15, 0.2) is 0 Å². The highest BCUT2D eigenvalue weighted by Crippen LogP contribution is 2.41. The molecule has 0 amide bonds. The van der Waals surface area contributed by atoms with Crippen LogP contribution < -0.4 is 25.2 Å². The van der Waals surface area contributed by atoms with Gasteiger partial charge in [-0.15, -0.1) is 0 Å². The average molecular weight is 443 g/mol. The first-order valence-corrected chi connectivity index (χ1v) is 16.0. The fraction of sp³-hybridized carbons (Fsp3) is 0.536. The van der Waals surface area contributed by atoms with E-state index in [0.717, 1.165) is 0 Å². The predicted octanol–water partition coefficient (Wildman–Crippen LogP) is 1.77. The molecule has 0 spiro atoms. The molecule has 2 aromatic carbocycles. The number of benzene rings is 2. The van der Waals surface area contributed by atoms with Crippen LogP contribution in [-0.2, 0) is 25.7 Å². The Labute approximate surface area is 193 Å². The summed E-state index contributed by atoms with van der Waals surface area (Å²) >= 11 is 0. The van der Waals surface area contributed by atoms with Crippen molar-refractivity contribution in [3.63, 3.8) is 0 Å². The molecule has 0 atom stereocenters. The maximum Gasteiger partial charge on any atom is 0.212 e. The van der Waals surface area contributed by atoms with Crippen LogP contribution in [0.15, 0.2) is 12.1 Å². The molecular weight excluding hydrogens is 406 g/mol. The Hall–Kier alpha value is -2.07. The molecule has 0 aliphatic carbocycles. The summed E-state index contributed by atoms with van der Waals surface area (Å²) in [6, 6.07) is 5.24. The molecule has 5 aliphatic rings. The SMILES string of the molecule is C[NH+]=C1c2cc3c4c(c2[Si](C)(C)c2c1cc1c5c2CCCN5CCC1)CCCN4CCC3. The lowest BCUT2D eigenvalue weighted by Crippen LogP contribution is -2.74. The highest BCUT2D eigenvalue weighted by molar-refractivity contribution is 7.03. The van der Waals surface area contributed by atoms with E-state index in [1.165, 1.54) is 83.3 Å². The van der Waals surface area contributed by atoms with Gasteiger partial charge in [0.25, 0.3) is 0 Å². The first-order chi connectivity index (χ1) is 15.6. The van der Waals surface area contributed by atoms with E-state index in [-0.39, 0.29) is 0 Å². The number of hydrogen-bond donors (Lipinski definition) is 1. The Kier molecular flexibility index (Phi) is 4.08. The number of hydrogen-bond acceptors (Lipinski definition) is 2. The predicted molar refractivity (Wildman–Crippen MR) is 137 cm³/mol. The molecule has 7 rings (SSSR count). The third kappa shape index (κ3) is 2.40. The van der Waals surface area contributed by atoms with E-state index < -0.39 is 8.07 Å². The van der Waals surface area contributed by atoms with Crippen LogP contribution in [0.3, 0.4) is 0 Å². The van der Waals surface area contributed by atoms with Crippen LogP contribution in [0, 0.1) is 0 Å². The minimum atomic E-state index is -1.85. The zero-order valence-corrected chi connectivity index (χ0v) is 21.0. The minimum absolute atomic E-state index is 1.25. The summed E-state index contributed by atoms with van der Waals surface area (Å²) in [6.45, 7) is 10.4. The van der Waals surface area contributed by atoms with Crippen molar-refractivity contribution in [1.82, 2.24) is 0 Å². The molecule has 0 aromatic heterocycles. The lowest BCUT2D eigenvalue weighted by molar-refractivity contribution is -0.418. The van der Waals surface area contributed by atoms with Gasteiger partial charge in [-0.2, -0.15) is 0 Å². The quantitative estimate of drug-likeness (QED) is 0.628. The Morgan fingerprint density at radius 3 is 1.56 bits per heavy atom. The summed E-state index contributed by atoms with van der Waals surface area (Å²) in [4.78, 5) is 9.20. The molecule has 3 nitrogen and oxygen atoms in total. The Bertz CT molecular complexity index is 1100. The standard InChI is InChI=1S/C28H35N3Si/c1-29-24-22-16-18-8-4-12-30-14-6-10-20(25(18)30)27(22)32(2,3)28-21-11-7-15-31-13-5-9-19(26(21)31)17-23(24)28/h16-17H,4-15H2,1-3H3/p+1. The van der Waals surface area contributed by atoms with Crippen LogP contribution in [0.5, 0.6) is 0 Å². The van der Waals surface area contributed by atoms with Gasteiger partial charge < -0.3 is 9.80 Å². The molecule has 32 heavy (non-hydrogen) atoms. The van der Waals surface area contributed by atoms with E-state index in [1.54, 1.807) is 55.1 Å². The van der Waals surface area contributed by atoms with Gasteiger partial charge in [0, 0.05) is 48.7 Å². The van der Waals surface area contributed by atoms with Gasteiger partial charge >= 0.3 is 0 Å². The summed E-state index contributed by atoms with van der Waals surface area (Å²) in [7, 11) is 0.319. The first kappa shape index (κ1) is 19.4. The molecule has 0 saturated carbocycles. The van der Waals surface area contributed by atoms with Crippen LogP contribution in [0.2, 0.25) is 13.1 Å². The van der Waals surface area contributed by atoms with Gasteiger partial charge in [-0.25, -0.2) is 4.99 Å². The summed E-state index contributed by atoms with van der Waals surface area (Å²) in [5, 5.41) is 3.53. The van der Waals surface area contributed by atoms with Crippen LogP contribution in [-0.4, -0.2) is 47.0 Å². The van der Waals surface area contributed by atoms with Gasteiger partial charge in [0.05, 0.1) is 0 Å². The zero-order chi connectivity index (χ0) is 21.6. The van der Waals surface area contributed by atoms with E-state index >= 15 is 0 Å². The molecule has 5 aliphatic heterocycles. The first-order valence-electron chi connectivity index (χ1n) is 13.0. The fourth-order valence-electron chi connectivity index (χ4n) is 8.08. The summed E-state index contributed by atoms with van der Waals surface area (Å²) < 4.78 is 0. The lowest BCUT2D eigenvalue weighted by atomic mass is 9.84. The molecule has 1 N–H and O–H groups in total. The molecule has 4 heteroatoms. The van der Waals surface area contributed by atoms with E-state index in [2.05, 4.69) is 47.1 Å². The Balaban J connectivity index is 1.57. The maximum atomic E-state index is 3.74. The fourth-order valence-corrected chi connectivity index (χ4v) is 12.1. The minimum Gasteiger partial charge on any atom is -0.371 e. The van der Waals surface area contributed by atoms with Crippen molar-refractivity contribution in [2.75, 3.05) is 43.0 Å². The van der Waals surface area contributed by atoms with E-state index in [0.29, 0.717) is 0 Å². The number of nitrogens with zero attached hydrogens (tertiary/aromatic N) is 2. The van der Waals surface area contributed by atoms with Crippen LogP contribution in [0.4, 0.5) is 11.4 Å². The van der Waals surface area contributed by atoms with Crippen LogP contribution >= 0.6 is 0 Å². The number of nitrogens with one attached hydrogen (secondary N) is 1. The van der Waals surface area contributed by atoms with Gasteiger partial charge in [-0.05, 0) is 96.1 Å². The lowest BCUT2D eigenvalue weighted by Gasteiger charge is -2.45. The average Bonchev–Trinajstić information content (AvgIpc) is 2.79. The summed E-state index contributed by atoms with van der Waals surface area (Å²) in [5.41, 5.74) is 14.5. The number of aryl methyl sites for hydroxylation is 2. The highest BCUT2D eigenvalue weighted by Gasteiger charge is 2.46. The largest absolute Gasteiger partial charge is 0.371 e. The van der Waals surface area contributed by atoms with Crippen LogP contribution in [0.25, 0.3) is 0 Å². The second-order valence-electron chi connectivity index (χ2n) is 11.2. The zero-order valence-electron chi connectivity index (χ0n) is 20.0. The van der Waals surface area contributed by atoms with Crippen molar-refractivity contribution in [3.8, 4) is 0 Å². The molecule has 0 bridgehead atoms. The van der Waals surface area contributed by atoms with Crippen molar-refractivity contribution in [2.24, 2.45) is 0 Å². The van der Waals surface area contributed by atoms with Crippen molar-refractivity contribution in [2.45, 2.75) is 64.5 Å². The summed E-state index contributed by atoms with van der Waals surface area (Å²) in [5.74, 6) is 0.